The quantitative estimate of drug-likeness (QED) is 0.721. The molecule has 1 atom stereocenters. The SMILES string of the molecule is CC(C)[C@H](N)C(=O)N(C)CC(=O)N1CCOCC1. The molecule has 1 heterocycles. The van der Waals surface area contributed by atoms with Crippen LogP contribution in [0.3, 0.4) is 0 Å². The molecule has 6 heteroatoms. The fourth-order valence-electron chi connectivity index (χ4n) is 1.73. The van der Waals surface area contributed by atoms with E-state index in [0.29, 0.717) is 26.3 Å². The summed E-state index contributed by atoms with van der Waals surface area (Å²) >= 11 is 0. The fraction of sp³-hybridized carbons (Fsp3) is 0.833. The molecule has 0 radical (unpaired) electrons. The molecule has 1 rings (SSSR count). The van der Waals surface area contributed by atoms with E-state index in [2.05, 4.69) is 0 Å². The number of rotatable bonds is 4. The Balaban J connectivity index is 2.45. The van der Waals surface area contributed by atoms with Crippen molar-refractivity contribution in [2.75, 3.05) is 39.9 Å². The number of likely N-dealkylation sites (N-methyl/N-ethyl adjacent to an activating group) is 1. The van der Waals surface area contributed by atoms with Gasteiger partial charge in [0.25, 0.3) is 0 Å². The maximum Gasteiger partial charge on any atom is 0.242 e. The van der Waals surface area contributed by atoms with Crippen molar-refractivity contribution in [2.45, 2.75) is 19.9 Å². The van der Waals surface area contributed by atoms with Crippen molar-refractivity contribution >= 4 is 11.8 Å². The van der Waals surface area contributed by atoms with Crippen LogP contribution in [0.2, 0.25) is 0 Å². The average molecular weight is 257 g/mol. The number of morpholine rings is 1. The number of amides is 2. The Morgan fingerprint density at radius 2 is 1.89 bits per heavy atom. The van der Waals surface area contributed by atoms with Crippen LogP contribution in [0.1, 0.15) is 13.8 Å². The molecule has 1 aliphatic heterocycles. The molecular formula is C12H23N3O3. The number of hydrogen-bond acceptors (Lipinski definition) is 4. The molecule has 1 saturated heterocycles. The van der Waals surface area contributed by atoms with Gasteiger partial charge in [0.2, 0.25) is 11.8 Å². The van der Waals surface area contributed by atoms with E-state index in [1.807, 2.05) is 13.8 Å². The van der Waals surface area contributed by atoms with Gasteiger partial charge in [-0.05, 0) is 5.92 Å². The minimum absolute atomic E-state index is 0.0508. The third-order valence-corrected chi connectivity index (χ3v) is 3.12. The topological polar surface area (TPSA) is 75.9 Å². The van der Waals surface area contributed by atoms with Crippen LogP contribution in [-0.2, 0) is 14.3 Å². The smallest absolute Gasteiger partial charge is 0.242 e. The molecule has 0 saturated carbocycles. The molecule has 0 bridgehead atoms. The van der Waals surface area contributed by atoms with Crippen LogP contribution in [0.15, 0.2) is 0 Å². The van der Waals surface area contributed by atoms with Crippen molar-refractivity contribution < 1.29 is 14.3 Å². The number of ether oxygens (including phenoxy) is 1. The van der Waals surface area contributed by atoms with E-state index >= 15 is 0 Å². The molecule has 0 aromatic rings. The van der Waals surface area contributed by atoms with Crippen LogP contribution in [0.4, 0.5) is 0 Å². The number of hydrogen-bond donors (Lipinski definition) is 1. The van der Waals surface area contributed by atoms with Gasteiger partial charge in [-0.15, -0.1) is 0 Å². The van der Waals surface area contributed by atoms with E-state index < -0.39 is 6.04 Å². The van der Waals surface area contributed by atoms with Crippen molar-refractivity contribution in [2.24, 2.45) is 11.7 Å². The van der Waals surface area contributed by atoms with Gasteiger partial charge in [-0.3, -0.25) is 9.59 Å². The van der Waals surface area contributed by atoms with Gasteiger partial charge in [0.05, 0.1) is 25.8 Å². The summed E-state index contributed by atoms with van der Waals surface area (Å²) in [5, 5.41) is 0. The third kappa shape index (κ3) is 3.96. The highest BCUT2D eigenvalue weighted by Crippen LogP contribution is 2.04. The average Bonchev–Trinajstić information content (AvgIpc) is 2.37. The molecule has 2 N–H and O–H groups in total. The zero-order chi connectivity index (χ0) is 13.7. The van der Waals surface area contributed by atoms with Gasteiger partial charge in [-0.1, -0.05) is 13.8 Å². The van der Waals surface area contributed by atoms with Crippen LogP contribution in [0.25, 0.3) is 0 Å². The monoisotopic (exact) mass is 257 g/mol. The molecule has 0 spiro atoms. The molecule has 2 amide bonds. The van der Waals surface area contributed by atoms with E-state index in [1.165, 1.54) is 4.90 Å². The summed E-state index contributed by atoms with van der Waals surface area (Å²) in [6.07, 6.45) is 0. The van der Waals surface area contributed by atoms with Crippen molar-refractivity contribution in [1.29, 1.82) is 0 Å². The first-order chi connectivity index (χ1) is 8.43. The van der Waals surface area contributed by atoms with Gasteiger partial charge in [0.1, 0.15) is 0 Å². The van der Waals surface area contributed by atoms with Crippen molar-refractivity contribution in [3.8, 4) is 0 Å². The second kappa shape index (κ2) is 6.70. The minimum Gasteiger partial charge on any atom is -0.378 e. The molecule has 0 aromatic heterocycles. The lowest BCUT2D eigenvalue weighted by Gasteiger charge is -2.29. The zero-order valence-corrected chi connectivity index (χ0v) is 11.4. The molecule has 6 nitrogen and oxygen atoms in total. The summed E-state index contributed by atoms with van der Waals surface area (Å²) in [5.41, 5.74) is 5.78. The maximum atomic E-state index is 11.9. The molecule has 1 aliphatic rings. The predicted molar refractivity (Wildman–Crippen MR) is 67.8 cm³/mol. The van der Waals surface area contributed by atoms with Gasteiger partial charge in [0.15, 0.2) is 0 Å². The van der Waals surface area contributed by atoms with E-state index in [0.717, 1.165) is 0 Å². The Labute approximate surface area is 108 Å². The fourth-order valence-corrected chi connectivity index (χ4v) is 1.73. The zero-order valence-electron chi connectivity index (χ0n) is 11.4. The normalized spacial score (nSPS) is 17.7. The van der Waals surface area contributed by atoms with Crippen molar-refractivity contribution in [3.63, 3.8) is 0 Å². The Bertz CT molecular complexity index is 301. The molecule has 18 heavy (non-hydrogen) atoms. The van der Waals surface area contributed by atoms with E-state index in [4.69, 9.17) is 10.5 Å². The second-order valence-electron chi connectivity index (χ2n) is 4.96. The summed E-state index contributed by atoms with van der Waals surface area (Å²) in [7, 11) is 1.61. The highest BCUT2D eigenvalue weighted by Gasteiger charge is 2.24. The summed E-state index contributed by atoms with van der Waals surface area (Å²) < 4.78 is 5.18. The first-order valence-corrected chi connectivity index (χ1v) is 6.29. The Hall–Kier alpha value is -1.14. The maximum absolute atomic E-state index is 11.9. The highest BCUT2D eigenvalue weighted by molar-refractivity contribution is 5.87. The third-order valence-electron chi connectivity index (χ3n) is 3.12. The molecule has 0 unspecified atom stereocenters. The van der Waals surface area contributed by atoms with Crippen LogP contribution >= 0.6 is 0 Å². The van der Waals surface area contributed by atoms with Gasteiger partial charge in [-0.2, -0.15) is 0 Å². The summed E-state index contributed by atoms with van der Waals surface area (Å²) in [5.74, 6) is -0.171. The lowest BCUT2D eigenvalue weighted by atomic mass is 10.0. The molecular weight excluding hydrogens is 234 g/mol. The number of nitrogens with two attached hydrogens (primary N) is 1. The van der Waals surface area contributed by atoms with E-state index in [9.17, 15) is 9.59 Å². The van der Waals surface area contributed by atoms with E-state index in [-0.39, 0.29) is 24.3 Å². The number of carbonyl (C=O) groups excluding carboxylic acids is 2. The lowest BCUT2D eigenvalue weighted by Crippen LogP contribution is -2.50. The first-order valence-electron chi connectivity index (χ1n) is 6.29. The lowest BCUT2D eigenvalue weighted by molar-refractivity contribution is -0.142. The van der Waals surface area contributed by atoms with Crippen LogP contribution < -0.4 is 5.73 Å². The Morgan fingerprint density at radius 1 is 1.33 bits per heavy atom. The van der Waals surface area contributed by atoms with Crippen LogP contribution in [0, 0.1) is 5.92 Å². The second-order valence-corrected chi connectivity index (χ2v) is 4.96. The van der Waals surface area contributed by atoms with Gasteiger partial charge >= 0.3 is 0 Å². The summed E-state index contributed by atoms with van der Waals surface area (Å²) in [6.45, 7) is 6.18. The predicted octanol–water partition coefficient (Wildman–Crippen LogP) is -0.713. The molecule has 1 fully saturated rings. The van der Waals surface area contributed by atoms with Crippen molar-refractivity contribution in [1.82, 2.24) is 9.80 Å². The Kier molecular flexibility index (Phi) is 5.55. The highest BCUT2D eigenvalue weighted by atomic mass is 16.5. The van der Waals surface area contributed by atoms with E-state index in [1.54, 1.807) is 11.9 Å². The number of nitrogens with zero attached hydrogens (tertiary/aromatic N) is 2. The van der Waals surface area contributed by atoms with Crippen LogP contribution in [0.5, 0.6) is 0 Å². The summed E-state index contributed by atoms with van der Waals surface area (Å²) in [4.78, 5) is 27.0. The minimum atomic E-state index is -0.549. The first kappa shape index (κ1) is 14.9. The van der Waals surface area contributed by atoms with Crippen LogP contribution in [-0.4, -0.2) is 67.6 Å². The standard InChI is InChI=1S/C12H23N3O3/c1-9(2)11(13)12(17)14(3)8-10(16)15-4-6-18-7-5-15/h9,11H,4-8,13H2,1-3H3/t11-/m0/s1. The molecule has 0 aromatic carbocycles. The number of carbonyl (C=O) groups is 2. The Morgan fingerprint density at radius 3 is 2.39 bits per heavy atom. The largest absolute Gasteiger partial charge is 0.378 e. The van der Waals surface area contributed by atoms with Gasteiger partial charge < -0.3 is 20.3 Å². The molecule has 0 aliphatic carbocycles. The molecule has 104 valence electrons. The van der Waals surface area contributed by atoms with Crippen molar-refractivity contribution in [3.05, 3.63) is 0 Å². The summed E-state index contributed by atoms with van der Waals surface area (Å²) in [6, 6.07) is -0.549. The van der Waals surface area contributed by atoms with Gasteiger partial charge in [0, 0.05) is 20.1 Å². The van der Waals surface area contributed by atoms with Gasteiger partial charge in [-0.25, -0.2) is 0 Å².